The van der Waals surface area contributed by atoms with Crippen LogP contribution in [0, 0.1) is 0 Å². The molecule has 0 heterocycles. The van der Waals surface area contributed by atoms with Crippen molar-refractivity contribution in [2.24, 2.45) is 0 Å². The zero-order valence-corrected chi connectivity index (χ0v) is 13.3. The van der Waals surface area contributed by atoms with Crippen molar-refractivity contribution in [3.63, 3.8) is 0 Å². The minimum Gasteiger partial charge on any atom is -0.312 e. The van der Waals surface area contributed by atoms with Crippen LogP contribution in [0.2, 0.25) is 0 Å². The zero-order chi connectivity index (χ0) is 14.3. The first-order chi connectivity index (χ1) is 8.90. The molecule has 0 aliphatic rings. The third kappa shape index (κ3) is 7.34. The van der Waals surface area contributed by atoms with E-state index in [-0.39, 0.29) is 5.54 Å². The fraction of sp³-hybridized carbons (Fsp3) is 0.647. The molecule has 1 aromatic rings. The maximum Gasteiger partial charge on any atom is 0.00966 e. The second kappa shape index (κ2) is 7.66. The standard InChI is InChI=1S/C17H30N2/c1-6-19(5)14-12-16-9-7-15(8-10-16)11-13-18-17(2,3)4/h7-10,18H,6,11-14H2,1-5H3. The Morgan fingerprint density at radius 2 is 1.53 bits per heavy atom. The van der Waals surface area contributed by atoms with E-state index in [1.165, 1.54) is 11.1 Å². The molecule has 1 N–H and O–H groups in total. The Labute approximate surface area is 119 Å². The average Bonchev–Trinajstić information content (AvgIpc) is 2.36. The molecule has 1 rings (SSSR count). The maximum atomic E-state index is 3.53. The van der Waals surface area contributed by atoms with Gasteiger partial charge in [-0.05, 0) is 64.9 Å². The molecule has 0 saturated carbocycles. The van der Waals surface area contributed by atoms with Crippen molar-refractivity contribution in [2.45, 2.75) is 46.1 Å². The Bertz CT molecular complexity index is 349. The lowest BCUT2D eigenvalue weighted by molar-refractivity contribution is 0.357. The summed E-state index contributed by atoms with van der Waals surface area (Å²) in [7, 11) is 2.17. The molecule has 0 aromatic heterocycles. The highest BCUT2D eigenvalue weighted by Gasteiger charge is 2.07. The molecule has 0 radical (unpaired) electrons. The van der Waals surface area contributed by atoms with Crippen LogP contribution in [0.25, 0.3) is 0 Å². The maximum absolute atomic E-state index is 3.53. The first-order valence-electron chi connectivity index (χ1n) is 7.42. The minimum absolute atomic E-state index is 0.213. The molecular formula is C17H30N2. The van der Waals surface area contributed by atoms with Crippen LogP contribution in [-0.2, 0) is 12.8 Å². The fourth-order valence-corrected chi connectivity index (χ4v) is 1.93. The Morgan fingerprint density at radius 3 is 2.00 bits per heavy atom. The molecule has 1 aromatic carbocycles. The third-order valence-corrected chi connectivity index (χ3v) is 3.41. The van der Waals surface area contributed by atoms with Gasteiger partial charge >= 0.3 is 0 Å². The molecule has 0 bridgehead atoms. The largest absolute Gasteiger partial charge is 0.312 e. The van der Waals surface area contributed by atoms with E-state index in [9.17, 15) is 0 Å². The minimum atomic E-state index is 0.213. The lowest BCUT2D eigenvalue weighted by Crippen LogP contribution is -2.37. The molecule has 2 heteroatoms. The van der Waals surface area contributed by atoms with Crippen LogP contribution in [0.15, 0.2) is 24.3 Å². The average molecular weight is 262 g/mol. The molecule has 108 valence electrons. The van der Waals surface area contributed by atoms with Gasteiger partial charge in [0.2, 0.25) is 0 Å². The van der Waals surface area contributed by atoms with E-state index in [0.29, 0.717) is 0 Å². The normalized spacial score (nSPS) is 12.1. The Kier molecular flexibility index (Phi) is 6.53. The number of nitrogens with one attached hydrogen (secondary N) is 1. The van der Waals surface area contributed by atoms with Crippen molar-refractivity contribution in [1.82, 2.24) is 10.2 Å². The van der Waals surface area contributed by atoms with Crippen LogP contribution < -0.4 is 5.32 Å². The highest BCUT2D eigenvalue weighted by Crippen LogP contribution is 2.07. The fourth-order valence-electron chi connectivity index (χ4n) is 1.93. The number of benzene rings is 1. The van der Waals surface area contributed by atoms with Gasteiger partial charge in [0.05, 0.1) is 0 Å². The van der Waals surface area contributed by atoms with Crippen molar-refractivity contribution in [2.75, 3.05) is 26.7 Å². The Hall–Kier alpha value is -0.860. The number of hydrogen-bond acceptors (Lipinski definition) is 2. The van der Waals surface area contributed by atoms with E-state index in [4.69, 9.17) is 0 Å². The highest BCUT2D eigenvalue weighted by molar-refractivity contribution is 5.23. The summed E-state index contributed by atoms with van der Waals surface area (Å²) in [6.07, 6.45) is 2.25. The molecule has 0 aliphatic heterocycles. The van der Waals surface area contributed by atoms with Crippen molar-refractivity contribution < 1.29 is 0 Å². The van der Waals surface area contributed by atoms with Crippen LogP contribution in [-0.4, -0.2) is 37.1 Å². The van der Waals surface area contributed by atoms with Crippen LogP contribution >= 0.6 is 0 Å². The van der Waals surface area contributed by atoms with Crippen LogP contribution in [0.5, 0.6) is 0 Å². The predicted octanol–water partition coefficient (Wildman–Crippen LogP) is 3.11. The van der Waals surface area contributed by atoms with Gasteiger partial charge in [0, 0.05) is 12.1 Å². The van der Waals surface area contributed by atoms with Crippen molar-refractivity contribution >= 4 is 0 Å². The van der Waals surface area contributed by atoms with Gasteiger partial charge in [0.1, 0.15) is 0 Å². The monoisotopic (exact) mass is 262 g/mol. The van der Waals surface area contributed by atoms with Gasteiger partial charge in [-0.3, -0.25) is 0 Å². The summed E-state index contributed by atoms with van der Waals surface area (Å²) in [6, 6.07) is 9.09. The smallest absolute Gasteiger partial charge is 0.00966 e. The molecule has 19 heavy (non-hydrogen) atoms. The topological polar surface area (TPSA) is 15.3 Å². The number of likely N-dealkylation sites (N-methyl/N-ethyl adjacent to an activating group) is 1. The van der Waals surface area contributed by atoms with E-state index >= 15 is 0 Å². The van der Waals surface area contributed by atoms with Crippen LogP contribution in [0.4, 0.5) is 0 Å². The number of hydrogen-bond donors (Lipinski definition) is 1. The first-order valence-corrected chi connectivity index (χ1v) is 7.42. The lowest BCUT2D eigenvalue weighted by Gasteiger charge is -2.20. The summed E-state index contributed by atoms with van der Waals surface area (Å²) in [4.78, 5) is 2.35. The summed E-state index contributed by atoms with van der Waals surface area (Å²) in [5, 5.41) is 3.53. The molecular weight excluding hydrogens is 232 g/mol. The Balaban J connectivity index is 2.35. The van der Waals surface area contributed by atoms with Crippen LogP contribution in [0.1, 0.15) is 38.8 Å². The molecule has 0 amide bonds. The van der Waals surface area contributed by atoms with E-state index in [1.807, 2.05) is 0 Å². The number of nitrogens with zero attached hydrogens (tertiary/aromatic N) is 1. The Morgan fingerprint density at radius 1 is 1.00 bits per heavy atom. The first kappa shape index (κ1) is 16.2. The summed E-state index contributed by atoms with van der Waals surface area (Å²) in [6.45, 7) is 12.1. The van der Waals surface area contributed by atoms with Gasteiger partial charge in [-0.2, -0.15) is 0 Å². The van der Waals surface area contributed by atoms with Gasteiger partial charge < -0.3 is 10.2 Å². The van der Waals surface area contributed by atoms with Crippen LogP contribution in [0.3, 0.4) is 0 Å². The molecule has 0 atom stereocenters. The summed E-state index contributed by atoms with van der Waals surface area (Å²) in [5.74, 6) is 0. The lowest BCUT2D eigenvalue weighted by atomic mass is 10.1. The van der Waals surface area contributed by atoms with Gasteiger partial charge in [-0.15, -0.1) is 0 Å². The van der Waals surface area contributed by atoms with Crippen molar-refractivity contribution in [1.29, 1.82) is 0 Å². The van der Waals surface area contributed by atoms with Crippen molar-refractivity contribution in [3.8, 4) is 0 Å². The predicted molar refractivity (Wildman–Crippen MR) is 84.8 cm³/mol. The highest BCUT2D eigenvalue weighted by atomic mass is 15.1. The second-order valence-electron chi connectivity index (χ2n) is 6.39. The quantitative estimate of drug-likeness (QED) is 0.812. The van der Waals surface area contributed by atoms with Gasteiger partial charge in [-0.1, -0.05) is 31.2 Å². The third-order valence-electron chi connectivity index (χ3n) is 3.41. The summed E-state index contributed by atoms with van der Waals surface area (Å²) >= 11 is 0. The van der Waals surface area contributed by atoms with E-state index in [1.54, 1.807) is 0 Å². The molecule has 2 nitrogen and oxygen atoms in total. The van der Waals surface area contributed by atoms with E-state index in [0.717, 1.165) is 32.5 Å². The number of rotatable bonds is 7. The SMILES string of the molecule is CCN(C)CCc1ccc(CCNC(C)(C)C)cc1. The van der Waals surface area contributed by atoms with E-state index in [2.05, 4.69) is 69.2 Å². The molecule has 0 spiro atoms. The summed E-state index contributed by atoms with van der Waals surface area (Å²) < 4.78 is 0. The molecule has 0 fully saturated rings. The molecule has 0 saturated heterocycles. The van der Waals surface area contributed by atoms with Gasteiger partial charge in [0.15, 0.2) is 0 Å². The van der Waals surface area contributed by atoms with Gasteiger partial charge in [0.25, 0.3) is 0 Å². The molecule has 0 unspecified atom stereocenters. The van der Waals surface area contributed by atoms with Gasteiger partial charge in [-0.25, -0.2) is 0 Å². The van der Waals surface area contributed by atoms with Crippen molar-refractivity contribution in [3.05, 3.63) is 35.4 Å². The zero-order valence-electron chi connectivity index (χ0n) is 13.3. The van der Waals surface area contributed by atoms with E-state index < -0.39 is 0 Å². The second-order valence-corrected chi connectivity index (χ2v) is 6.39. The molecule has 0 aliphatic carbocycles. The summed E-state index contributed by atoms with van der Waals surface area (Å²) in [5.41, 5.74) is 3.07.